The quantitative estimate of drug-likeness (QED) is 0.609. The molecule has 0 spiro atoms. The fourth-order valence-corrected chi connectivity index (χ4v) is 1.06. The summed E-state index contributed by atoms with van der Waals surface area (Å²) in [7, 11) is 1.23. The van der Waals surface area contributed by atoms with Gasteiger partial charge in [-0.15, -0.1) is 0 Å². The molecule has 0 aliphatic rings. The van der Waals surface area contributed by atoms with Gasteiger partial charge in [-0.2, -0.15) is 0 Å². The van der Waals surface area contributed by atoms with E-state index in [4.69, 9.17) is 4.74 Å². The fraction of sp³-hybridized carbons (Fsp3) is 0.400. The van der Waals surface area contributed by atoms with Crippen molar-refractivity contribution in [2.24, 2.45) is 0 Å². The van der Waals surface area contributed by atoms with Crippen LogP contribution >= 0.6 is 0 Å². The molecule has 0 aliphatic carbocycles. The number of ether oxygens (including phenoxy) is 3. The summed E-state index contributed by atoms with van der Waals surface area (Å²) >= 11 is 0. The zero-order valence-electron chi connectivity index (χ0n) is 12.5. The van der Waals surface area contributed by atoms with Crippen molar-refractivity contribution < 1.29 is 28.6 Å². The summed E-state index contributed by atoms with van der Waals surface area (Å²) in [5, 5.41) is 0. The standard InChI is InChI=1S/C10H12O2.C5H8O4/c1-2-10(11)12-8-9-6-4-3-5-7-9;1-4(6)9-3-5(7)8-2/h3-7H,2,8H2,1H3;3H2,1-2H3. The van der Waals surface area contributed by atoms with Crippen LogP contribution in [-0.4, -0.2) is 31.6 Å². The number of benzene rings is 1. The maximum Gasteiger partial charge on any atom is 0.344 e. The average Bonchev–Trinajstić information content (AvgIpc) is 2.51. The number of methoxy groups -OCH3 is 1. The summed E-state index contributed by atoms with van der Waals surface area (Å²) in [6, 6.07) is 9.65. The van der Waals surface area contributed by atoms with Crippen molar-refractivity contribution in [1.82, 2.24) is 0 Å². The first-order valence-electron chi connectivity index (χ1n) is 6.39. The lowest BCUT2D eigenvalue weighted by atomic mass is 10.2. The molecule has 1 aromatic carbocycles. The highest BCUT2D eigenvalue weighted by molar-refractivity contribution is 5.74. The third-order valence-electron chi connectivity index (χ3n) is 2.15. The van der Waals surface area contributed by atoms with E-state index >= 15 is 0 Å². The van der Waals surface area contributed by atoms with Crippen LogP contribution in [0.4, 0.5) is 0 Å². The molecule has 116 valence electrons. The second kappa shape index (κ2) is 11.5. The maximum atomic E-state index is 10.8. The van der Waals surface area contributed by atoms with E-state index in [1.54, 1.807) is 6.92 Å². The molecule has 21 heavy (non-hydrogen) atoms. The molecule has 0 amide bonds. The molecule has 0 unspecified atom stereocenters. The Bertz CT molecular complexity index is 441. The minimum Gasteiger partial charge on any atom is -0.466 e. The first kappa shape index (κ1) is 18.6. The molecule has 0 heterocycles. The second-order valence-electron chi connectivity index (χ2n) is 3.86. The van der Waals surface area contributed by atoms with Gasteiger partial charge in [-0.3, -0.25) is 9.59 Å². The molecule has 6 nitrogen and oxygen atoms in total. The Labute approximate surface area is 124 Å². The van der Waals surface area contributed by atoms with Crippen LogP contribution in [0.1, 0.15) is 25.8 Å². The predicted molar refractivity (Wildman–Crippen MR) is 75.2 cm³/mol. The van der Waals surface area contributed by atoms with Gasteiger partial charge in [0.05, 0.1) is 7.11 Å². The number of carbonyl (C=O) groups excluding carboxylic acids is 3. The van der Waals surface area contributed by atoms with Crippen molar-refractivity contribution in [3.05, 3.63) is 35.9 Å². The van der Waals surface area contributed by atoms with Crippen molar-refractivity contribution in [3.63, 3.8) is 0 Å². The largest absolute Gasteiger partial charge is 0.466 e. The molecular weight excluding hydrogens is 276 g/mol. The third kappa shape index (κ3) is 11.2. The normalized spacial score (nSPS) is 8.90. The predicted octanol–water partition coefficient (Wildman–Crippen LogP) is 1.86. The molecule has 0 atom stereocenters. The summed E-state index contributed by atoms with van der Waals surface area (Å²) in [4.78, 5) is 31.0. The molecule has 0 saturated heterocycles. The Morgan fingerprint density at radius 3 is 2.10 bits per heavy atom. The van der Waals surface area contributed by atoms with E-state index in [0.717, 1.165) is 5.56 Å². The first-order valence-corrected chi connectivity index (χ1v) is 6.39. The number of rotatable bonds is 5. The summed E-state index contributed by atoms with van der Waals surface area (Å²) < 4.78 is 13.4. The summed E-state index contributed by atoms with van der Waals surface area (Å²) in [6.07, 6.45) is 0.437. The molecule has 1 rings (SSSR count). The van der Waals surface area contributed by atoms with Gasteiger partial charge in [0.15, 0.2) is 6.61 Å². The van der Waals surface area contributed by atoms with Gasteiger partial charge in [0, 0.05) is 13.3 Å². The van der Waals surface area contributed by atoms with Gasteiger partial charge in [0.25, 0.3) is 0 Å². The van der Waals surface area contributed by atoms with Gasteiger partial charge >= 0.3 is 17.9 Å². The Morgan fingerprint density at radius 1 is 1.00 bits per heavy atom. The molecule has 0 bridgehead atoms. The van der Waals surface area contributed by atoms with Crippen LogP contribution in [0.5, 0.6) is 0 Å². The van der Waals surface area contributed by atoms with Crippen LogP contribution in [0.15, 0.2) is 30.3 Å². The van der Waals surface area contributed by atoms with E-state index < -0.39 is 11.9 Å². The topological polar surface area (TPSA) is 78.9 Å². The molecule has 1 aromatic rings. The summed E-state index contributed by atoms with van der Waals surface area (Å²) in [6.45, 7) is 3.09. The number of hydrogen-bond donors (Lipinski definition) is 0. The Balaban J connectivity index is 0.000000400. The lowest BCUT2D eigenvalue weighted by Gasteiger charge is -2.01. The van der Waals surface area contributed by atoms with Crippen LogP contribution in [-0.2, 0) is 35.2 Å². The van der Waals surface area contributed by atoms with E-state index in [1.165, 1.54) is 14.0 Å². The smallest absolute Gasteiger partial charge is 0.344 e. The lowest BCUT2D eigenvalue weighted by molar-refractivity contribution is -0.155. The van der Waals surface area contributed by atoms with E-state index in [1.807, 2.05) is 30.3 Å². The van der Waals surface area contributed by atoms with Crippen LogP contribution in [0.2, 0.25) is 0 Å². The van der Waals surface area contributed by atoms with E-state index in [-0.39, 0.29) is 12.6 Å². The molecule has 0 aromatic heterocycles. The van der Waals surface area contributed by atoms with Gasteiger partial charge in [0.2, 0.25) is 0 Å². The van der Waals surface area contributed by atoms with Crippen molar-refractivity contribution in [1.29, 1.82) is 0 Å². The molecule has 0 aliphatic heterocycles. The number of esters is 3. The zero-order valence-corrected chi connectivity index (χ0v) is 12.5. The van der Waals surface area contributed by atoms with Gasteiger partial charge in [-0.05, 0) is 5.56 Å². The van der Waals surface area contributed by atoms with Crippen LogP contribution < -0.4 is 0 Å². The molecular formula is C15H20O6. The van der Waals surface area contributed by atoms with Gasteiger partial charge in [-0.25, -0.2) is 4.79 Å². The lowest BCUT2D eigenvalue weighted by Crippen LogP contribution is -2.12. The molecule has 6 heteroatoms. The molecule has 0 radical (unpaired) electrons. The highest BCUT2D eigenvalue weighted by Crippen LogP contribution is 2.00. The highest BCUT2D eigenvalue weighted by Gasteiger charge is 2.00. The maximum absolute atomic E-state index is 10.8. The Morgan fingerprint density at radius 2 is 1.62 bits per heavy atom. The minimum absolute atomic E-state index is 0.154. The average molecular weight is 296 g/mol. The van der Waals surface area contributed by atoms with Crippen molar-refractivity contribution in [2.75, 3.05) is 13.7 Å². The van der Waals surface area contributed by atoms with Gasteiger partial charge in [-0.1, -0.05) is 37.3 Å². The molecule has 0 fully saturated rings. The monoisotopic (exact) mass is 296 g/mol. The fourth-order valence-electron chi connectivity index (χ4n) is 1.06. The highest BCUT2D eigenvalue weighted by atomic mass is 16.6. The van der Waals surface area contributed by atoms with Crippen molar-refractivity contribution >= 4 is 17.9 Å². The van der Waals surface area contributed by atoms with Gasteiger partial charge < -0.3 is 14.2 Å². The Kier molecular flexibility index (Phi) is 10.2. The summed E-state index contributed by atoms with van der Waals surface area (Å²) in [5.41, 5.74) is 1.03. The second-order valence-corrected chi connectivity index (χ2v) is 3.86. The molecule has 0 N–H and O–H groups in total. The third-order valence-corrected chi connectivity index (χ3v) is 2.15. The first-order chi connectivity index (χ1) is 9.99. The molecule has 0 saturated carbocycles. The number of hydrogen-bond acceptors (Lipinski definition) is 6. The van der Waals surface area contributed by atoms with Crippen LogP contribution in [0.3, 0.4) is 0 Å². The van der Waals surface area contributed by atoms with E-state index in [9.17, 15) is 14.4 Å². The Hall–Kier alpha value is -2.37. The summed E-state index contributed by atoms with van der Waals surface area (Å²) in [5.74, 6) is -1.19. The van der Waals surface area contributed by atoms with Crippen LogP contribution in [0, 0.1) is 0 Å². The SMILES string of the molecule is CCC(=O)OCc1ccccc1.COC(=O)COC(C)=O. The van der Waals surface area contributed by atoms with E-state index in [0.29, 0.717) is 13.0 Å². The van der Waals surface area contributed by atoms with Crippen molar-refractivity contribution in [3.8, 4) is 0 Å². The minimum atomic E-state index is -0.551. The zero-order chi connectivity index (χ0) is 16.1. The number of carbonyl (C=O) groups is 3. The van der Waals surface area contributed by atoms with E-state index in [2.05, 4.69) is 9.47 Å². The van der Waals surface area contributed by atoms with Gasteiger partial charge in [0.1, 0.15) is 6.61 Å². The van der Waals surface area contributed by atoms with Crippen molar-refractivity contribution in [2.45, 2.75) is 26.9 Å². The van der Waals surface area contributed by atoms with Crippen LogP contribution in [0.25, 0.3) is 0 Å².